The molecule has 1 N–H and O–H groups in total. The van der Waals surface area contributed by atoms with Gasteiger partial charge in [0.05, 0.1) is 23.7 Å². The summed E-state index contributed by atoms with van der Waals surface area (Å²) in [5, 5.41) is 12.5. The second-order valence-corrected chi connectivity index (χ2v) is 10.1. The number of hydrogen-bond acceptors (Lipinski definition) is 6. The first-order chi connectivity index (χ1) is 17.5. The SMILES string of the molecule is CC1CN(c2ccc(C#N)c(C(F)(F)F)c2)C(C)(C(=O)CN2CCN(Cc3ccccc3F)CC2)CN1. The number of halogens is 4. The molecule has 2 fully saturated rings. The van der Waals surface area contributed by atoms with Gasteiger partial charge in [0.1, 0.15) is 11.4 Å². The molecule has 2 aliphatic rings. The van der Waals surface area contributed by atoms with Gasteiger partial charge in [-0.2, -0.15) is 18.4 Å². The predicted molar refractivity (Wildman–Crippen MR) is 132 cm³/mol. The molecule has 198 valence electrons. The average molecular weight is 518 g/mol. The summed E-state index contributed by atoms with van der Waals surface area (Å²) in [7, 11) is 0. The number of benzene rings is 2. The van der Waals surface area contributed by atoms with Crippen LogP contribution in [0, 0.1) is 17.1 Å². The fourth-order valence-corrected chi connectivity index (χ4v) is 5.03. The van der Waals surface area contributed by atoms with E-state index in [1.807, 2.05) is 17.9 Å². The van der Waals surface area contributed by atoms with E-state index in [-0.39, 0.29) is 29.9 Å². The molecule has 6 nitrogen and oxygen atoms in total. The largest absolute Gasteiger partial charge is 0.417 e. The van der Waals surface area contributed by atoms with Crippen molar-refractivity contribution in [1.82, 2.24) is 15.1 Å². The first-order valence-corrected chi connectivity index (χ1v) is 12.3. The number of ketones is 1. The van der Waals surface area contributed by atoms with Crippen LogP contribution in [-0.4, -0.2) is 73.0 Å². The van der Waals surface area contributed by atoms with E-state index in [2.05, 4.69) is 10.2 Å². The first-order valence-electron chi connectivity index (χ1n) is 12.3. The topological polar surface area (TPSA) is 62.6 Å². The zero-order valence-electron chi connectivity index (χ0n) is 21.0. The smallest absolute Gasteiger partial charge is 0.356 e. The number of carbonyl (C=O) groups excluding carboxylic acids is 1. The fourth-order valence-electron chi connectivity index (χ4n) is 5.03. The Morgan fingerprint density at radius 2 is 1.81 bits per heavy atom. The molecule has 0 amide bonds. The van der Waals surface area contributed by atoms with Crippen LogP contribution in [0.4, 0.5) is 23.2 Å². The van der Waals surface area contributed by atoms with Crippen molar-refractivity contribution >= 4 is 11.5 Å². The van der Waals surface area contributed by atoms with Gasteiger partial charge in [0.15, 0.2) is 5.78 Å². The summed E-state index contributed by atoms with van der Waals surface area (Å²) in [6, 6.07) is 11.9. The Kier molecular flexibility index (Phi) is 7.88. The van der Waals surface area contributed by atoms with E-state index in [9.17, 15) is 22.4 Å². The van der Waals surface area contributed by atoms with Gasteiger partial charge in [0.2, 0.25) is 0 Å². The molecule has 0 spiro atoms. The molecule has 2 aliphatic heterocycles. The van der Waals surface area contributed by atoms with Gasteiger partial charge in [-0.15, -0.1) is 0 Å². The second kappa shape index (κ2) is 10.8. The average Bonchev–Trinajstić information content (AvgIpc) is 2.87. The minimum Gasteiger partial charge on any atom is -0.356 e. The zero-order valence-corrected chi connectivity index (χ0v) is 21.0. The van der Waals surface area contributed by atoms with Gasteiger partial charge < -0.3 is 10.2 Å². The molecule has 37 heavy (non-hydrogen) atoms. The van der Waals surface area contributed by atoms with E-state index in [4.69, 9.17) is 5.26 Å². The molecule has 10 heteroatoms. The molecular formula is C27H31F4N5O. The lowest BCUT2D eigenvalue weighted by Gasteiger charge is -2.48. The molecule has 0 saturated carbocycles. The van der Waals surface area contributed by atoms with E-state index in [0.717, 1.165) is 6.07 Å². The number of nitrogens with one attached hydrogen (secondary N) is 1. The highest BCUT2D eigenvalue weighted by atomic mass is 19.4. The van der Waals surface area contributed by atoms with Crippen LogP contribution < -0.4 is 10.2 Å². The van der Waals surface area contributed by atoms with Crippen molar-refractivity contribution < 1.29 is 22.4 Å². The van der Waals surface area contributed by atoms with Gasteiger partial charge in [-0.05, 0) is 38.1 Å². The lowest BCUT2D eigenvalue weighted by Crippen LogP contribution is -2.68. The van der Waals surface area contributed by atoms with Gasteiger partial charge >= 0.3 is 6.18 Å². The van der Waals surface area contributed by atoms with Gasteiger partial charge in [0, 0.05) is 63.1 Å². The fraction of sp³-hybridized carbons (Fsp3) is 0.481. The Bertz CT molecular complexity index is 1170. The van der Waals surface area contributed by atoms with Crippen LogP contribution in [-0.2, 0) is 17.5 Å². The molecule has 0 aromatic heterocycles. The monoisotopic (exact) mass is 517 g/mol. The Hall–Kier alpha value is -3.00. The lowest BCUT2D eigenvalue weighted by atomic mass is 9.88. The molecule has 0 radical (unpaired) electrons. The van der Waals surface area contributed by atoms with Crippen LogP contribution in [0.3, 0.4) is 0 Å². The predicted octanol–water partition coefficient (Wildman–Crippen LogP) is 3.66. The summed E-state index contributed by atoms with van der Waals surface area (Å²) in [5.41, 5.74) is -1.60. The maximum atomic E-state index is 14.0. The minimum atomic E-state index is -4.68. The standard InChI is InChI=1S/C27H31F4N5O/c1-19-15-36(22-8-7-20(14-32)23(13-22)27(29,30)31)26(2,18-33-19)25(37)17-35-11-9-34(10-12-35)16-21-5-3-4-6-24(21)28/h3-8,13,19,33H,9-12,15-18H2,1-2H3. The Balaban J connectivity index is 1.47. The third kappa shape index (κ3) is 5.95. The molecule has 4 rings (SSSR count). The number of alkyl halides is 3. The molecule has 0 aliphatic carbocycles. The third-order valence-electron chi connectivity index (χ3n) is 7.37. The summed E-state index contributed by atoms with van der Waals surface area (Å²) in [5.74, 6) is -0.323. The first kappa shape index (κ1) is 27.0. The summed E-state index contributed by atoms with van der Waals surface area (Å²) < 4.78 is 54.9. The maximum Gasteiger partial charge on any atom is 0.417 e. The molecule has 2 saturated heterocycles. The summed E-state index contributed by atoms with van der Waals surface area (Å²) >= 11 is 0. The highest BCUT2D eigenvalue weighted by molar-refractivity contribution is 5.94. The molecule has 2 aromatic carbocycles. The van der Waals surface area contributed by atoms with Crippen molar-refractivity contribution in [2.75, 3.05) is 50.7 Å². The molecule has 2 atom stereocenters. The molecular weight excluding hydrogens is 486 g/mol. The van der Waals surface area contributed by atoms with Crippen LogP contribution in [0.2, 0.25) is 0 Å². The summed E-state index contributed by atoms with van der Waals surface area (Å²) in [6.07, 6.45) is -4.68. The van der Waals surface area contributed by atoms with E-state index < -0.39 is 22.8 Å². The summed E-state index contributed by atoms with van der Waals surface area (Å²) in [6.45, 7) is 7.62. The highest BCUT2D eigenvalue weighted by Gasteiger charge is 2.44. The molecule has 2 unspecified atom stereocenters. The van der Waals surface area contributed by atoms with Crippen LogP contribution >= 0.6 is 0 Å². The number of rotatable bonds is 6. The number of nitrogens with zero attached hydrogens (tertiary/aromatic N) is 4. The number of anilines is 1. The van der Waals surface area contributed by atoms with E-state index in [1.54, 1.807) is 30.0 Å². The Morgan fingerprint density at radius 3 is 2.46 bits per heavy atom. The van der Waals surface area contributed by atoms with Crippen LogP contribution in [0.15, 0.2) is 42.5 Å². The lowest BCUT2D eigenvalue weighted by molar-refractivity contribution is -0.137. The van der Waals surface area contributed by atoms with Crippen molar-refractivity contribution in [2.24, 2.45) is 0 Å². The summed E-state index contributed by atoms with van der Waals surface area (Å²) in [4.78, 5) is 19.6. The van der Waals surface area contributed by atoms with E-state index >= 15 is 0 Å². The number of nitriles is 1. The number of piperazine rings is 2. The van der Waals surface area contributed by atoms with Crippen molar-refractivity contribution in [2.45, 2.75) is 38.1 Å². The van der Waals surface area contributed by atoms with E-state index in [0.29, 0.717) is 51.4 Å². The molecule has 0 bridgehead atoms. The van der Waals surface area contributed by atoms with Crippen molar-refractivity contribution in [1.29, 1.82) is 5.26 Å². The Labute approximate surface area is 214 Å². The number of Topliss-reactive ketones (excluding diaryl/α,β-unsaturated/α-hetero) is 1. The number of hydrogen-bond donors (Lipinski definition) is 1. The van der Waals surface area contributed by atoms with Crippen molar-refractivity contribution in [3.8, 4) is 6.07 Å². The van der Waals surface area contributed by atoms with Crippen molar-refractivity contribution in [3.63, 3.8) is 0 Å². The van der Waals surface area contributed by atoms with Gasteiger partial charge in [0.25, 0.3) is 0 Å². The van der Waals surface area contributed by atoms with Gasteiger partial charge in [-0.3, -0.25) is 14.6 Å². The Morgan fingerprint density at radius 1 is 1.14 bits per heavy atom. The second-order valence-electron chi connectivity index (χ2n) is 10.1. The molecule has 2 heterocycles. The third-order valence-corrected chi connectivity index (χ3v) is 7.37. The highest BCUT2D eigenvalue weighted by Crippen LogP contribution is 2.37. The van der Waals surface area contributed by atoms with Gasteiger partial charge in [-0.1, -0.05) is 18.2 Å². The number of carbonyl (C=O) groups is 1. The van der Waals surface area contributed by atoms with Gasteiger partial charge in [-0.25, -0.2) is 4.39 Å². The maximum absolute atomic E-state index is 14.0. The minimum absolute atomic E-state index is 0.0345. The van der Waals surface area contributed by atoms with Crippen LogP contribution in [0.5, 0.6) is 0 Å². The van der Waals surface area contributed by atoms with Crippen molar-refractivity contribution in [3.05, 3.63) is 65.0 Å². The quantitative estimate of drug-likeness (QED) is 0.591. The van der Waals surface area contributed by atoms with Crippen LogP contribution in [0.1, 0.15) is 30.5 Å². The van der Waals surface area contributed by atoms with Crippen LogP contribution in [0.25, 0.3) is 0 Å². The molecule has 2 aromatic rings. The normalized spacial score (nSPS) is 23.6. The van der Waals surface area contributed by atoms with E-state index in [1.165, 1.54) is 18.2 Å². The zero-order chi connectivity index (χ0) is 26.8.